The smallest absolute Gasteiger partial charge is 0.163 e. The maximum absolute atomic E-state index is 5.65. The van der Waals surface area contributed by atoms with Crippen LogP contribution in [0, 0.1) is 0 Å². The molecule has 0 bridgehead atoms. The highest BCUT2D eigenvalue weighted by Crippen LogP contribution is 2.23. The number of hydrogen-bond donors (Lipinski definition) is 1. The second kappa shape index (κ2) is 2.52. The molecule has 2 aliphatic rings. The summed E-state index contributed by atoms with van der Waals surface area (Å²) in [5.74, 6) is 0.923. The average molecular weight is 229 g/mol. The summed E-state index contributed by atoms with van der Waals surface area (Å²) in [6, 6.07) is 0. The lowest BCUT2D eigenvalue weighted by molar-refractivity contribution is 0.161. The first-order valence-corrected chi connectivity index (χ1v) is 4.38. The van der Waals surface area contributed by atoms with E-state index in [2.05, 4.69) is 20.9 Å². The normalized spacial score (nSPS) is 21.7. The van der Waals surface area contributed by atoms with Gasteiger partial charge in [-0.05, 0) is 15.9 Å². The molecule has 2 rings (SSSR count). The molecule has 0 aromatic heterocycles. The number of halogens is 1. The fourth-order valence-corrected chi connectivity index (χ4v) is 1.84. The SMILES string of the molecule is CN1C=C(Br)C2=NC=C(N)CN21. The fraction of sp³-hybridized carbons (Fsp3) is 0.286. The molecular weight excluding hydrogens is 220 g/mol. The Morgan fingerprint density at radius 1 is 1.67 bits per heavy atom. The van der Waals surface area contributed by atoms with Crippen LogP contribution in [0.2, 0.25) is 0 Å². The Labute approximate surface area is 79.1 Å². The maximum Gasteiger partial charge on any atom is 0.163 e. The second-order valence-electron chi connectivity index (χ2n) is 2.77. The van der Waals surface area contributed by atoms with Crippen molar-refractivity contribution in [2.75, 3.05) is 13.6 Å². The van der Waals surface area contributed by atoms with Crippen LogP contribution in [0.3, 0.4) is 0 Å². The predicted molar refractivity (Wildman–Crippen MR) is 51.2 cm³/mol. The van der Waals surface area contributed by atoms with E-state index in [1.165, 1.54) is 0 Å². The summed E-state index contributed by atoms with van der Waals surface area (Å²) in [5, 5.41) is 3.96. The summed E-state index contributed by atoms with van der Waals surface area (Å²) in [6.45, 7) is 0.709. The van der Waals surface area contributed by atoms with Gasteiger partial charge in [-0.2, -0.15) is 0 Å². The Bertz CT molecular complexity index is 305. The van der Waals surface area contributed by atoms with Crippen molar-refractivity contribution in [2.45, 2.75) is 0 Å². The van der Waals surface area contributed by atoms with Crippen molar-refractivity contribution in [1.82, 2.24) is 10.0 Å². The van der Waals surface area contributed by atoms with Gasteiger partial charge in [0.2, 0.25) is 0 Å². The third-order valence-corrected chi connectivity index (χ3v) is 2.38. The van der Waals surface area contributed by atoms with Gasteiger partial charge in [0, 0.05) is 18.9 Å². The van der Waals surface area contributed by atoms with E-state index in [0.29, 0.717) is 6.54 Å². The van der Waals surface area contributed by atoms with Crippen LogP contribution in [0.15, 0.2) is 27.6 Å². The zero-order valence-corrected chi connectivity index (χ0v) is 8.24. The number of hydrazine groups is 1. The van der Waals surface area contributed by atoms with E-state index in [1.807, 2.05) is 23.3 Å². The number of nitrogens with two attached hydrogens (primary N) is 1. The Kier molecular flexibility index (Phi) is 1.61. The Morgan fingerprint density at radius 2 is 2.42 bits per heavy atom. The summed E-state index contributed by atoms with van der Waals surface area (Å²) >= 11 is 3.42. The monoisotopic (exact) mass is 228 g/mol. The first-order valence-electron chi connectivity index (χ1n) is 3.59. The van der Waals surface area contributed by atoms with E-state index >= 15 is 0 Å². The molecule has 0 atom stereocenters. The van der Waals surface area contributed by atoms with Crippen molar-refractivity contribution in [3.05, 3.63) is 22.6 Å². The molecule has 0 aromatic carbocycles. The summed E-state index contributed by atoms with van der Waals surface area (Å²) in [7, 11) is 1.96. The molecule has 4 nitrogen and oxygen atoms in total. The van der Waals surface area contributed by atoms with Crippen LogP contribution in [0.5, 0.6) is 0 Å². The molecule has 0 saturated heterocycles. The molecule has 0 unspecified atom stereocenters. The summed E-state index contributed by atoms with van der Waals surface area (Å²) < 4.78 is 0.994. The minimum absolute atomic E-state index is 0.709. The molecule has 64 valence electrons. The molecule has 12 heavy (non-hydrogen) atoms. The number of nitrogens with zero attached hydrogens (tertiary/aromatic N) is 3. The second-order valence-corrected chi connectivity index (χ2v) is 3.62. The molecule has 0 spiro atoms. The maximum atomic E-state index is 5.65. The quantitative estimate of drug-likeness (QED) is 0.661. The lowest BCUT2D eigenvalue weighted by atomic mass is 10.4. The Balaban J connectivity index is 2.36. The van der Waals surface area contributed by atoms with Gasteiger partial charge >= 0.3 is 0 Å². The van der Waals surface area contributed by atoms with Gasteiger partial charge in [0.1, 0.15) is 0 Å². The lowest BCUT2D eigenvalue weighted by Crippen LogP contribution is -2.40. The number of rotatable bonds is 0. The number of fused-ring (bicyclic) bond motifs is 1. The van der Waals surface area contributed by atoms with Crippen LogP contribution in [-0.2, 0) is 0 Å². The largest absolute Gasteiger partial charge is 0.399 e. The van der Waals surface area contributed by atoms with Gasteiger partial charge in [-0.15, -0.1) is 0 Å². The molecule has 2 aliphatic heterocycles. The standard InChI is InChI=1S/C7H9BrN4/c1-11-4-6(8)7-10-2-5(9)3-12(7)11/h2,4H,3,9H2,1H3. The van der Waals surface area contributed by atoms with Crippen molar-refractivity contribution in [2.24, 2.45) is 10.7 Å². The van der Waals surface area contributed by atoms with Crippen LogP contribution < -0.4 is 5.73 Å². The number of amidine groups is 1. The molecule has 2 N–H and O–H groups in total. The van der Waals surface area contributed by atoms with E-state index in [4.69, 9.17) is 5.73 Å². The van der Waals surface area contributed by atoms with Gasteiger partial charge in [0.05, 0.1) is 17.2 Å². The van der Waals surface area contributed by atoms with Gasteiger partial charge in [0.15, 0.2) is 5.84 Å². The predicted octanol–water partition coefficient (Wildman–Crippen LogP) is 0.597. The van der Waals surface area contributed by atoms with Crippen LogP contribution in [0.1, 0.15) is 0 Å². The van der Waals surface area contributed by atoms with Crippen LogP contribution in [-0.4, -0.2) is 29.4 Å². The zero-order chi connectivity index (χ0) is 8.72. The minimum atomic E-state index is 0.709. The molecule has 0 aromatic rings. The van der Waals surface area contributed by atoms with E-state index < -0.39 is 0 Å². The topological polar surface area (TPSA) is 44.9 Å². The van der Waals surface area contributed by atoms with Crippen molar-refractivity contribution < 1.29 is 0 Å². The van der Waals surface area contributed by atoms with Crippen LogP contribution >= 0.6 is 15.9 Å². The zero-order valence-electron chi connectivity index (χ0n) is 6.66. The van der Waals surface area contributed by atoms with E-state index in [9.17, 15) is 0 Å². The molecule has 5 heteroatoms. The molecule has 2 heterocycles. The lowest BCUT2D eigenvalue weighted by Gasteiger charge is -2.29. The first kappa shape index (κ1) is 7.67. The van der Waals surface area contributed by atoms with Crippen molar-refractivity contribution >= 4 is 21.8 Å². The third kappa shape index (κ3) is 1.01. The average Bonchev–Trinajstić information content (AvgIpc) is 2.28. The van der Waals surface area contributed by atoms with Gasteiger partial charge in [-0.3, -0.25) is 10.0 Å². The number of hydrogen-bond acceptors (Lipinski definition) is 4. The summed E-state index contributed by atoms with van der Waals surface area (Å²) in [5.41, 5.74) is 6.42. The van der Waals surface area contributed by atoms with Crippen LogP contribution in [0.4, 0.5) is 0 Å². The first-order chi connectivity index (χ1) is 5.68. The molecule has 0 aliphatic carbocycles. The summed E-state index contributed by atoms with van der Waals surface area (Å²) in [6.07, 6.45) is 3.66. The van der Waals surface area contributed by atoms with Crippen molar-refractivity contribution in [3.63, 3.8) is 0 Å². The van der Waals surface area contributed by atoms with Gasteiger partial charge < -0.3 is 5.73 Å². The molecular formula is C7H9BrN4. The van der Waals surface area contributed by atoms with Gasteiger partial charge in [-0.1, -0.05) is 0 Å². The van der Waals surface area contributed by atoms with Gasteiger partial charge in [0.25, 0.3) is 0 Å². The highest BCUT2D eigenvalue weighted by molar-refractivity contribution is 9.12. The third-order valence-electron chi connectivity index (χ3n) is 1.82. The highest BCUT2D eigenvalue weighted by Gasteiger charge is 2.26. The minimum Gasteiger partial charge on any atom is -0.399 e. The number of aliphatic imine (C=N–C) groups is 1. The highest BCUT2D eigenvalue weighted by atomic mass is 79.9. The Morgan fingerprint density at radius 3 is 3.17 bits per heavy atom. The van der Waals surface area contributed by atoms with Crippen molar-refractivity contribution in [3.8, 4) is 0 Å². The Hall–Kier alpha value is -0.970. The van der Waals surface area contributed by atoms with E-state index in [1.54, 1.807) is 6.20 Å². The van der Waals surface area contributed by atoms with E-state index in [-0.39, 0.29) is 0 Å². The molecule has 0 amide bonds. The van der Waals surface area contributed by atoms with Crippen molar-refractivity contribution in [1.29, 1.82) is 0 Å². The van der Waals surface area contributed by atoms with Crippen LogP contribution in [0.25, 0.3) is 0 Å². The van der Waals surface area contributed by atoms with Gasteiger partial charge in [-0.25, -0.2) is 4.99 Å². The fourth-order valence-electron chi connectivity index (χ4n) is 1.24. The molecule has 0 radical (unpaired) electrons. The molecule has 0 fully saturated rings. The molecule has 0 saturated carbocycles. The van der Waals surface area contributed by atoms with E-state index in [0.717, 1.165) is 16.0 Å². The summed E-state index contributed by atoms with van der Waals surface area (Å²) in [4.78, 5) is 4.20.